The zero-order valence-electron chi connectivity index (χ0n) is 15.6. The summed E-state index contributed by atoms with van der Waals surface area (Å²) in [7, 11) is 0. The highest BCUT2D eigenvalue weighted by Crippen LogP contribution is 2.69. The van der Waals surface area contributed by atoms with Crippen LogP contribution in [0.3, 0.4) is 0 Å². The van der Waals surface area contributed by atoms with E-state index in [2.05, 4.69) is 13.8 Å². The molecule has 25 heavy (non-hydrogen) atoms. The largest absolute Gasteiger partial charge is 0.385 e. The van der Waals surface area contributed by atoms with Crippen molar-refractivity contribution in [3.63, 3.8) is 0 Å². The average molecular weight is 348 g/mol. The van der Waals surface area contributed by atoms with Gasteiger partial charge in [-0.1, -0.05) is 13.8 Å². The van der Waals surface area contributed by atoms with Crippen molar-refractivity contribution in [1.29, 1.82) is 0 Å². The van der Waals surface area contributed by atoms with Gasteiger partial charge in [-0.2, -0.15) is 0 Å². The lowest BCUT2D eigenvalue weighted by Gasteiger charge is -2.61. The Bertz CT molecular complexity index is 582. The maximum atomic E-state index is 12.1. The maximum absolute atomic E-state index is 12.1. The van der Waals surface area contributed by atoms with Crippen LogP contribution in [0, 0.1) is 34.5 Å². The lowest BCUT2D eigenvalue weighted by molar-refractivity contribution is -0.247. The van der Waals surface area contributed by atoms with Crippen molar-refractivity contribution >= 4 is 5.78 Å². The molecule has 5 rings (SSSR count). The van der Waals surface area contributed by atoms with E-state index < -0.39 is 6.10 Å². The molecule has 1 aliphatic heterocycles. The van der Waals surface area contributed by atoms with Gasteiger partial charge in [0.25, 0.3) is 0 Å². The predicted octanol–water partition coefficient (Wildman–Crippen LogP) is 3.31. The summed E-state index contributed by atoms with van der Waals surface area (Å²) < 4.78 is 12.4. The molecule has 5 fully saturated rings. The van der Waals surface area contributed by atoms with Crippen molar-refractivity contribution in [1.82, 2.24) is 0 Å². The lowest BCUT2D eigenvalue weighted by Crippen LogP contribution is -2.58. The van der Waals surface area contributed by atoms with Crippen LogP contribution in [0.15, 0.2) is 0 Å². The minimum atomic E-state index is -0.732. The first-order chi connectivity index (χ1) is 11.9. The molecule has 7 atom stereocenters. The Hall–Kier alpha value is -0.450. The molecule has 4 saturated carbocycles. The van der Waals surface area contributed by atoms with Gasteiger partial charge in [0, 0.05) is 18.3 Å². The van der Waals surface area contributed by atoms with Gasteiger partial charge in [0.05, 0.1) is 13.2 Å². The Morgan fingerprint density at radius 1 is 1.00 bits per heavy atom. The number of hydrogen-bond donors (Lipinski definition) is 1. The van der Waals surface area contributed by atoms with E-state index in [1.54, 1.807) is 0 Å². The SMILES string of the molecule is C[C@]12C[C@@H](O)C(=O)C[C@@H]1CC[C@@H]1[C@@H]2CC[C@@]2(C)[C@H]1CCC21OCCO1. The van der Waals surface area contributed by atoms with E-state index in [1.807, 2.05) is 0 Å². The van der Waals surface area contributed by atoms with Crippen LogP contribution in [-0.4, -0.2) is 36.0 Å². The first-order valence-electron chi connectivity index (χ1n) is 10.4. The van der Waals surface area contributed by atoms with Crippen molar-refractivity contribution in [2.45, 2.75) is 77.1 Å². The minimum Gasteiger partial charge on any atom is -0.385 e. The van der Waals surface area contributed by atoms with Crippen LogP contribution in [0.4, 0.5) is 0 Å². The van der Waals surface area contributed by atoms with Crippen LogP contribution in [0.5, 0.6) is 0 Å². The van der Waals surface area contributed by atoms with Crippen LogP contribution in [-0.2, 0) is 14.3 Å². The van der Waals surface area contributed by atoms with Gasteiger partial charge in [0.2, 0.25) is 0 Å². The molecule has 4 nitrogen and oxygen atoms in total. The first-order valence-corrected chi connectivity index (χ1v) is 10.4. The van der Waals surface area contributed by atoms with Crippen molar-refractivity contribution < 1.29 is 19.4 Å². The number of Topliss-reactive ketones (excluding diaryl/α,β-unsaturated/α-hetero) is 1. The smallest absolute Gasteiger partial charge is 0.174 e. The standard InChI is InChI=1S/C21H32O4/c1-19-12-18(23)17(22)11-13(19)3-4-14-15(19)5-7-20(2)16(14)6-8-21(20)24-9-10-25-21/h13-16,18,23H,3-12H2,1-2H3/t13-,14+,15-,16-,18+,19-,20-/m0/s1. The summed E-state index contributed by atoms with van der Waals surface area (Å²) in [6, 6.07) is 0. The van der Waals surface area contributed by atoms with Crippen LogP contribution < -0.4 is 0 Å². The summed E-state index contributed by atoms with van der Waals surface area (Å²) in [6.07, 6.45) is 7.54. The Balaban J connectivity index is 1.46. The predicted molar refractivity (Wildman–Crippen MR) is 92.8 cm³/mol. The highest BCUT2D eigenvalue weighted by atomic mass is 16.7. The Kier molecular flexibility index (Phi) is 3.54. The first kappa shape index (κ1) is 16.7. The molecule has 0 radical (unpaired) electrons. The molecule has 0 amide bonds. The summed E-state index contributed by atoms with van der Waals surface area (Å²) in [6.45, 7) is 6.27. The summed E-state index contributed by atoms with van der Waals surface area (Å²) in [5, 5.41) is 10.3. The Morgan fingerprint density at radius 2 is 1.72 bits per heavy atom. The molecular weight excluding hydrogens is 316 g/mol. The molecular formula is C21H32O4. The molecule has 0 aromatic heterocycles. The van der Waals surface area contributed by atoms with Crippen molar-refractivity contribution in [3.8, 4) is 0 Å². The number of hydrogen-bond acceptors (Lipinski definition) is 4. The molecule has 0 aromatic carbocycles. The zero-order valence-corrected chi connectivity index (χ0v) is 15.6. The average Bonchev–Trinajstić information content (AvgIpc) is 3.16. The van der Waals surface area contributed by atoms with Gasteiger partial charge in [-0.15, -0.1) is 0 Å². The molecule has 5 aliphatic rings. The molecule has 1 saturated heterocycles. The fraction of sp³-hybridized carbons (Fsp3) is 0.952. The van der Waals surface area contributed by atoms with Gasteiger partial charge in [0.15, 0.2) is 11.6 Å². The highest BCUT2D eigenvalue weighted by molar-refractivity contribution is 5.84. The second-order valence-corrected chi connectivity index (χ2v) is 9.99. The lowest BCUT2D eigenvalue weighted by atomic mass is 9.44. The molecule has 1 N–H and O–H groups in total. The molecule has 1 spiro atoms. The number of ketones is 1. The maximum Gasteiger partial charge on any atom is 0.174 e. The quantitative estimate of drug-likeness (QED) is 0.730. The third-order valence-electron chi connectivity index (χ3n) is 9.32. The van der Waals surface area contributed by atoms with E-state index in [0.29, 0.717) is 36.5 Å². The molecule has 1 heterocycles. The van der Waals surface area contributed by atoms with Crippen LogP contribution in [0.2, 0.25) is 0 Å². The van der Waals surface area contributed by atoms with Gasteiger partial charge in [-0.25, -0.2) is 0 Å². The minimum absolute atomic E-state index is 0.0779. The van der Waals surface area contributed by atoms with Crippen molar-refractivity contribution in [2.75, 3.05) is 13.2 Å². The van der Waals surface area contributed by atoms with Crippen molar-refractivity contribution in [3.05, 3.63) is 0 Å². The number of aliphatic hydroxyl groups is 1. The van der Waals surface area contributed by atoms with Gasteiger partial charge in [-0.05, 0) is 67.6 Å². The van der Waals surface area contributed by atoms with E-state index >= 15 is 0 Å². The number of ether oxygens (including phenoxy) is 2. The molecule has 0 unspecified atom stereocenters. The fourth-order valence-electron chi connectivity index (χ4n) is 7.98. The second kappa shape index (κ2) is 5.30. The van der Waals surface area contributed by atoms with E-state index in [4.69, 9.17) is 9.47 Å². The third kappa shape index (κ3) is 2.02. The number of aliphatic hydroxyl groups excluding tert-OH is 1. The van der Waals surface area contributed by atoms with Crippen LogP contribution in [0.1, 0.15) is 65.2 Å². The van der Waals surface area contributed by atoms with Crippen LogP contribution in [0.25, 0.3) is 0 Å². The molecule has 4 heteroatoms. The summed E-state index contributed by atoms with van der Waals surface area (Å²) in [5.41, 5.74) is 0.266. The topological polar surface area (TPSA) is 55.8 Å². The van der Waals surface area contributed by atoms with Gasteiger partial charge >= 0.3 is 0 Å². The fourth-order valence-corrected chi connectivity index (χ4v) is 7.98. The van der Waals surface area contributed by atoms with E-state index in [0.717, 1.165) is 32.5 Å². The van der Waals surface area contributed by atoms with Gasteiger partial charge in [0.1, 0.15) is 6.10 Å². The summed E-state index contributed by atoms with van der Waals surface area (Å²) in [4.78, 5) is 12.1. The molecule has 4 aliphatic carbocycles. The third-order valence-corrected chi connectivity index (χ3v) is 9.32. The van der Waals surface area contributed by atoms with Crippen molar-refractivity contribution in [2.24, 2.45) is 34.5 Å². The van der Waals surface area contributed by atoms with Gasteiger partial charge in [-0.3, -0.25) is 4.79 Å². The Morgan fingerprint density at radius 3 is 2.48 bits per heavy atom. The molecule has 140 valence electrons. The highest BCUT2D eigenvalue weighted by Gasteiger charge is 2.67. The normalized spacial score (nSPS) is 54.2. The number of carbonyl (C=O) groups excluding carboxylic acids is 1. The number of rotatable bonds is 0. The van der Waals surface area contributed by atoms with E-state index in [1.165, 1.54) is 19.3 Å². The monoisotopic (exact) mass is 348 g/mol. The Labute approximate surface area is 150 Å². The summed E-state index contributed by atoms with van der Waals surface area (Å²) in [5.74, 6) is 2.23. The second-order valence-electron chi connectivity index (χ2n) is 9.99. The summed E-state index contributed by atoms with van der Waals surface area (Å²) >= 11 is 0. The zero-order chi connectivity index (χ0) is 17.4. The molecule has 0 bridgehead atoms. The number of carbonyl (C=O) groups is 1. The number of fused-ring (bicyclic) bond motifs is 6. The van der Waals surface area contributed by atoms with Crippen LogP contribution >= 0.6 is 0 Å². The van der Waals surface area contributed by atoms with Gasteiger partial charge < -0.3 is 14.6 Å². The molecule has 0 aromatic rings. The van der Waals surface area contributed by atoms with E-state index in [9.17, 15) is 9.90 Å². The van der Waals surface area contributed by atoms with E-state index in [-0.39, 0.29) is 22.4 Å².